The molecule has 2 aliphatic carbocycles. The second-order valence-electron chi connectivity index (χ2n) is 18.4. The van der Waals surface area contributed by atoms with Crippen molar-refractivity contribution in [1.82, 2.24) is 14.6 Å². The van der Waals surface area contributed by atoms with Gasteiger partial charge in [-0.1, -0.05) is 50.6 Å². The Hall–Kier alpha value is -4.07. The highest BCUT2D eigenvalue weighted by molar-refractivity contribution is 7.91. The molecule has 1 unspecified atom stereocenters. The van der Waals surface area contributed by atoms with Crippen LogP contribution in [0.25, 0.3) is 10.8 Å². The van der Waals surface area contributed by atoms with E-state index >= 15 is 4.79 Å². The first-order chi connectivity index (χ1) is 27.5. The topological polar surface area (TPSA) is 158 Å². The first-order valence-corrected chi connectivity index (χ1v) is 22.5. The number of hydrogen-bond acceptors (Lipinski definition) is 10. The van der Waals surface area contributed by atoms with E-state index in [0.29, 0.717) is 38.2 Å². The van der Waals surface area contributed by atoms with Crippen LogP contribution in [0.1, 0.15) is 111 Å². The maximum Gasteiger partial charge on any atom is 0.307 e. The summed E-state index contributed by atoms with van der Waals surface area (Å²) in [6, 6.07) is 6.63. The standard InChI is InChI=1S/C44H58FN3O9S/c1-6-28-20-27(2)12-7-8-13-29-23-44(29,41(52)47-58(53,54)43(26-45)17-18-43)24-36(49)35-21-30(25-48(35)40(51)33(28)22-37(50)57-42(3,4)5)56-39-32-15-10-9-14-31(32)38-34(46-39)16-11-19-55-38/h8-10,13-15,27-30,33,35H,6-7,11-12,16-26H2,1-5H3,(H,47,52)/b13-8-/t27-,28+,29+,30+,33?,35-,44+/m0/s1. The summed E-state index contributed by atoms with van der Waals surface area (Å²) in [6.45, 7) is 8.99. The number of carbonyl (C=O) groups excluding carboxylic acids is 4. The van der Waals surface area contributed by atoms with Crippen molar-refractivity contribution in [2.75, 3.05) is 19.8 Å². The minimum Gasteiger partial charge on any atom is -0.491 e. The molecule has 14 heteroatoms. The summed E-state index contributed by atoms with van der Waals surface area (Å²) in [5.74, 6) is -2.20. The molecule has 7 rings (SSSR count). The van der Waals surface area contributed by atoms with E-state index in [4.69, 9.17) is 19.2 Å². The SMILES string of the molecule is CC[C@@H]1C[C@@H](C)CC/C=C\[C@@H]2C[C@@]2(C(=O)NS(=O)(=O)C2(CF)CC2)CC(=O)[C@@H]2C[C@@H](Oc3nc4c(c5ccccc35)OCCC4)CN2C(=O)C1CC(=O)OC(C)(C)C. The second-order valence-corrected chi connectivity index (χ2v) is 20.5. The number of amides is 2. The number of Topliss-reactive ketones (excluding diaryl/α,β-unsaturated/α-hetero) is 1. The molecule has 1 N–H and O–H groups in total. The number of ketones is 1. The molecule has 7 atom stereocenters. The number of aryl methyl sites for hydroxylation is 1. The molecule has 2 amide bonds. The third-order valence-electron chi connectivity index (χ3n) is 12.9. The Morgan fingerprint density at radius 2 is 1.86 bits per heavy atom. The maximum absolute atomic E-state index is 15.1. The molecule has 1 aromatic heterocycles. The molecule has 4 heterocycles. The van der Waals surface area contributed by atoms with Crippen molar-refractivity contribution in [2.24, 2.45) is 29.1 Å². The summed E-state index contributed by atoms with van der Waals surface area (Å²) < 4.78 is 59.5. The summed E-state index contributed by atoms with van der Waals surface area (Å²) >= 11 is 0. The highest BCUT2D eigenvalue weighted by Gasteiger charge is 2.63. The lowest BCUT2D eigenvalue weighted by molar-refractivity contribution is -0.160. The summed E-state index contributed by atoms with van der Waals surface area (Å²) in [5, 5.41) is 1.59. The highest BCUT2D eigenvalue weighted by atomic mass is 32.2. The number of esters is 1. The minimum absolute atomic E-state index is 0.0333. The lowest BCUT2D eigenvalue weighted by Gasteiger charge is -2.33. The Balaban J connectivity index is 1.25. The number of alkyl halides is 1. The van der Waals surface area contributed by atoms with Gasteiger partial charge in [0.1, 0.15) is 28.9 Å². The Morgan fingerprint density at radius 1 is 1.12 bits per heavy atom. The predicted molar refractivity (Wildman–Crippen MR) is 215 cm³/mol. The predicted octanol–water partition coefficient (Wildman–Crippen LogP) is 6.57. The molecular weight excluding hydrogens is 766 g/mol. The van der Waals surface area contributed by atoms with Crippen LogP contribution >= 0.6 is 0 Å². The van der Waals surface area contributed by atoms with Gasteiger partial charge in [-0.25, -0.2) is 17.8 Å². The molecule has 1 saturated heterocycles. The van der Waals surface area contributed by atoms with Gasteiger partial charge in [0.15, 0.2) is 5.78 Å². The van der Waals surface area contributed by atoms with Crippen LogP contribution < -0.4 is 14.2 Å². The number of benzene rings is 1. The van der Waals surface area contributed by atoms with Gasteiger partial charge in [-0.05, 0) is 96.0 Å². The van der Waals surface area contributed by atoms with Crippen LogP contribution in [0.5, 0.6) is 11.6 Å². The third-order valence-corrected chi connectivity index (χ3v) is 15.1. The number of pyridine rings is 1. The molecule has 3 aliphatic heterocycles. The van der Waals surface area contributed by atoms with Crippen molar-refractivity contribution in [3.63, 3.8) is 0 Å². The van der Waals surface area contributed by atoms with Gasteiger partial charge in [-0.3, -0.25) is 23.9 Å². The molecule has 58 heavy (non-hydrogen) atoms. The first-order valence-electron chi connectivity index (χ1n) is 21.1. The van der Waals surface area contributed by atoms with Gasteiger partial charge in [0, 0.05) is 23.6 Å². The summed E-state index contributed by atoms with van der Waals surface area (Å²) in [7, 11) is -4.34. The fourth-order valence-electron chi connectivity index (χ4n) is 9.31. The average Bonchev–Trinajstić information content (AvgIpc) is 4.08. The van der Waals surface area contributed by atoms with E-state index < -0.39 is 74.1 Å². The van der Waals surface area contributed by atoms with Crippen LogP contribution in [0.3, 0.4) is 0 Å². The van der Waals surface area contributed by atoms with Crippen molar-refractivity contribution in [3.8, 4) is 11.6 Å². The molecule has 5 aliphatic rings. The van der Waals surface area contributed by atoms with Crippen LogP contribution in [0.15, 0.2) is 36.4 Å². The third kappa shape index (κ3) is 8.49. The van der Waals surface area contributed by atoms with E-state index in [-0.39, 0.29) is 62.8 Å². The number of nitrogens with one attached hydrogen (secondary N) is 1. The zero-order valence-electron chi connectivity index (χ0n) is 34.4. The molecule has 2 aromatic rings. The van der Waals surface area contributed by atoms with E-state index in [1.54, 1.807) is 20.8 Å². The molecule has 0 spiro atoms. The Labute approximate surface area is 341 Å². The second kappa shape index (κ2) is 16.2. The van der Waals surface area contributed by atoms with Crippen LogP contribution in [-0.2, 0) is 40.4 Å². The average molecular weight is 824 g/mol. The Kier molecular flexibility index (Phi) is 11.7. The molecule has 0 radical (unpaired) electrons. The molecule has 0 bridgehead atoms. The maximum atomic E-state index is 15.1. The zero-order chi connectivity index (χ0) is 41.6. The number of nitrogens with zero attached hydrogens (tertiary/aromatic N) is 2. The number of allylic oxidation sites excluding steroid dienone is 2. The summed E-state index contributed by atoms with van der Waals surface area (Å²) in [6.07, 6.45) is 7.56. The van der Waals surface area contributed by atoms with Gasteiger partial charge in [0.2, 0.25) is 27.7 Å². The molecule has 3 fully saturated rings. The van der Waals surface area contributed by atoms with E-state index in [1.165, 1.54) is 4.90 Å². The highest BCUT2D eigenvalue weighted by Crippen LogP contribution is 2.58. The number of rotatable bonds is 9. The normalized spacial score (nSPS) is 30.4. The fraction of sp³-hybridized carbons (Fsp3) is 0.659. The molecular formula is C44H58FN3O9S. The van der Waals surface area contributed by atoms with E-state index in [2.05, 4.69) is 11.6 Å². The van der Waals surface area contributed by atoms with E-state index in [0.717, 1.165) is 35.1 Å². The molecule has 316 valence electrons. The van der Waals surface area contributed by atoms with E-state index in [9.17, 15) is 27.2 Å². The Bertz CT molecular complexity index is 2080. The monoisotopic (exact) mass is 823 g/mol. The number of ether oxygens (including phenoxy) is 3. The van der Waals surface area contributed by atoms with Crippen LogP contribution in [-0.4, -0.2) is 84.2 Å². The number of hydrogen-bond donors (Lipinski definition) is 1. The van der Waals surface area contributed by atoms with Gasteiger partial charge >= 0.3 is 5.97 Å². The van der Waals surface area contributed by atoms with Gasteiger partial charge in [-0.2, -0.15) is 0 Å². The van der Waals surface area contributed by atoms with Crippen molar-refractivity contribution >= 4 is 44.4 Å². The number of carbonyl (C=O) groups is 4. The van der Waals surface area contributed by atoms with Crippen molar-refractivity contribution in [1.29, 1.82) is 0 Å². The molecule has 12 nitrogen and oxygen atoms in total. The Morgan fingerprint density at radius 3 is 2.55 bits per heavy atom. The lowest BCUT2D eigenvalue weighted by Crippen LogP contribution is -2.48. The van der Waals surface area contributed by atoms with Crippen molar-refractivity contribution < 1.29 is 46.2 Å². The summed E-state index contributed by atoms with van der Waals surface area (Å²) in [4.78, 5) is 63.8. The number of sulfonamides is 1. The van der Waals surface area contributed by atoms with Gasteiger partial charge in [0.05, 0.1) is 42.6 Å². The number of fused-ring (bicyclic) bond motifs is 5. The van der Waals surface area contributed by atoms with Crippen LogP contribution in [0, 0.1) is 29.1 Å². The molecule has 1 aromatic carbocycles. The van der Waals surface area contributed by atoms with Gasteiger partial charge in [-0.15, -0.1) is 0 Å². The number of aromatic nitrogens is 1. The van der Waals surface area contributed by atoms with Gasteiger partial charge in [0.25, 0.3) is 0 Å². The molecule has 2 saturated carbocycles. The fourth-order valence-corrected chi connectivity index (χ4v) is 10.8. The van der Waals surface area contributed by atoms with Crippen molar-refractivity contribution in [2.45, 2.75) is 134 Å². The minimum atomic E-state index is -4.34. The van der Waals surface area contributed by atoms with E-state index in [1.807, 2.05) is 43.3 Å². The largest absolute Gasteiger partial charge is 0.491 e. The lowest BCUT2D eigenvalue weighted by atomic mass is 9.79. The van der Waals surface area contributed by atoms with Crippen molar-refractivity contribution in [3.05, 3.63) is 42.1 Å². The van der Waals surface area contributed by atoms with Gasteiger partial charge < -0.3 is 19.1 Å². The smallest absolute Gasteiger partial charge is 0.307 e. The summed E-state index contributed by atoms with van der Waals surface area (Å²) in [5.41, 5.74) is -1.38. The van der Waals surface area contributed by atoms with Crippen LogP contribution in [0.2, 0.25) is 0 Å². The quantitative estimate of drug-likeness (QED) is 0.217. The zero-order valence-corrected chi connectivity index (χ0v) is 35.2. The van der Waals surface area contributed by atoms with Crippen LogP contribution in [0.4, 0.5) is 4.39 Å². The first kappa shape index (κ1) is 42.1. The number of halogens is 1.